The lowest BCUT2D eigenvalue weighted by Gasteiger charge is -2.34. The van der Waals surface area contributed by atoms with Crippen molar-refractivity contribution >= 4 is 11.7 Å². The van der Waals surface area contributed by atoms with E-state index >= 15 is 0 Å². The quantitative estimate of drug-likeness (QED) is 0.826. The van der Waals surface area contributed by atoms with Gasteiger partial charge in [-0.3, -0.25) is 0 Å². The fourth-order valence-electron chi connectivity index (χ4n) is 3.95. The lowest BCUT2D eigenvalue weighted by molar-refractivity contribution is 0.161. The molecule has 150 valence electrons. The van der Waals surface area contributed by atoms with Crippen LogP contribution in [0.3, 0.4) is 0 Å². The molecule has 2 amide bonds. The topological polar surface area (TPSA) is 47.6 Å². The molecule has 0 aliphatic carbocycles. The number of nitrogens with zero attached hydrogens (tertiary/aromatic N) is 2. The van der Waals surface area contributed by atoms with Crippen LogP contribution in [0.4, 0.5) is 19.3 Å². The Kier molecular flexibility index (Phi) is 6.52. The van der Waals surface area contributed by atoms with E-state index in [1.165, 1.54) is 6.07 Å². The van der Waals surface area contributed by atoms with Crippen LogP contribution >= 0.6 is 0 Å². The van der Waals surface area contributed by atoms with Gasteiger partial charge in [-0.05, 0) is 51.2 Å². The number of urea groups is 1. The Hall–Kier alpha value is -1.89. The fourth-order valence-corrected chi connectivity index (χ4v) is 3.95. The van der Waals surface area contributed by atoms with Crippen LogP contribution in [0.15, 0.2) is 18.2 Å². The van der Waals surface area contributed by atoms with E-state index in [-0.39, 0.29) is 12.1 Å². The van der Waals surface area contributed by atoms with Gasteiger partial charge < -0.3 is 20.4 Å². The minimum Gasteiger partial charge on any atom is -0.371 e. The summed E-state index contributed by atoms with van der Waals surface area (Å²) in [6.07, 6.45) is 2.89. The lowest BCUT2D eigenvalue weighted by Crippen LogP contribution is -2.49. The molecule has 27 heavy (non-hydrogen) atoms. The maximum Gasteiger partial charge on any atom is 0.315 e. The summed E-state index contributed by atoms with van der Waals surface area (Å²) in [5.41, 5.74) is 0.692. The molecule has 0 bridgehead atoms. The molecule has 1 aromatic carbocycles. The van der Waals surface area contributed by atoms with Crippen LogP contribution in [0.2, 0.25) is 0 Å². The number of benzene rings is 1. The number of nitrogens with one attached hydrogen (secondary N) is 2. The number of amides is 2. The van der Waals surface area contributed by atoms with Crippen molar-refractivity contribution in [1.82, 2.24) is 15.5 Å². The van der Waals surface area contributed by atoms with Crippen LogP contribution in [0.25, 0.3) is 0 Å². The molecule has 0 aromatic heterocycles. The molecule has 3 rings (SSSR count). The van der Waals surface area contributed by atoms with Crippen LogP contribution in [0.1, 0.15) is 33.1 Å². The van der Waals surface area contributed by atoms with Crippen molar-refractivity contribution < 1.29 is 13.6 Å². The molecule has 2 aliphatic rings. The molecule has 1 unspecified atom stereocenters. The Balaban J connectivity index is 1.38. The van der Waals surface area contributed by atoms with Crippen LogP contribution in [-0.4, -0.2) is 55.7 Å². The Labute approximate surface area is 160 Å². The monoisotopic (exact) mass is 380 g/mol. The van der Waals surface area contributed by atoms with E-state index in [2.05, 4.69) is 29.4 Å². The normalized spacial score (nSPS) is 21.7. The lowest BCUT2D eigenvalue weighted by atomic mass is 10.0. The second kappa shape index (κ2) is 8.87. The van der Waals surface area contributed by atoms with E-state index < -0.39 is 11.6 Å². The highest BCUT2D eigenvalue weighted by molar-refractivity contribution is 5.74. The van der Waals surface area contributed by atoms with Crippen LogP contribution in [-0.2, 0) is 0 Å². The largest absolute Gasteiger partial charge is 0.371 e. The highest BCUT2D eigenvalue weighted by Crippen LogP contribution is 2.25. The first-order chi connectivity index (χ1) is 12.9. The molecule has 5 nitrogen and oxygen atoms in total. The van der Waals surface area contributed by atoms with Crippen molar-refractivity contribution in [2.45, 2.75) is 45.2 Å². The number of hydrogen-bond donors (Lipinski definition) is 2. The summed E-state index contributed by atoms with van der Waals surface area (Å²) in [6, 6.07) is 4.69. The van der Waals surface area contributed by atoms with Crippen molar-refractivity contribution in [3.8, 4) is 0 Å². The third-order valence-corrected chi connectivity index (χ3v) is 5.70. The van der Waals surface area contributed by atoms with Gasteiger partial charge in [-0.2, -0.15) is 0 Å². The number of anilines is 1. The zero-order valence-electron chi connectivity index (χ0n) is 16.2. The molecule has 2 N–H and O–H groups in total. The zero-order valence-corrected chi connectivity index (χ0v) is 16.2. The van der Waals surface area contributed by atoms with Gasteiger partial charge in [-0.1, -0.05) is 0 Å². The van der Waals surface area contributed by atoms with E-state index in [9.17, 15) is 13.6 Å². The molecule has 7 heteroatoms. The number of carbonyl (C=O) groups is 1. The van der Waals surface area contributed by atoms with Gasteiger partial charge in [0, 0.05) is 56.6 Å². The predicted molar refractivity (Wildman–Crippen MR) is 103 cm³/mol. The Bertz CT molecular complexity index is 647. The van der Waals surface area contributed by atoms with Gasteiger partial charge in [0.15, 0.2) is 11.6 Å². The number of rotatable bonds is 5. The van der Waals surface area contributed by atoms with Crippen LogP contribution in [0, 0.1) is 17.6 Å². The van der Waals surface area contributed by atoms with Gasteiger partial charge in [0.2, 0.25) is 0 Å². The second-order valence-corrected chi connectivity index (χ2v) is 7.96. The molecule has 0 spiro atoms. The fraction of sp³-hybridized carbons (Fsp3) is 0.650. The summed E-state index contributed by atoms with van der Waals surface area (Å²) < 4.78 is 26.5. The third kappa shape index (κ3) is 5.31. The van der Waals surface area contributed by atoms with E-state index in [1.54, 1.807) is 6.07 Å². The van der Waals surface area contributed by atoms with E-state index in [0.717, 1.165) is 51.5 Å². The Morgan fingerprint density at radius 1 is 1.15 bits per heavy atom. The van der Waals surface area contributed by atoms with Gasteiger partial charge >= 0.3 is 6.03 Å². The standard InChI is InChI=1S/C20H30F2N4O/c1-14(2)25-9-6-16(7-10-25)24-20(27)23-12-15-5-8-26(13-15)17-3-4-18(21)19(22)11-17/h3-4,11,14-16H,5-10,12-13H2,1-2H3,(H2,23,24,27). The molecular formula is C20H30F2N4O. The zero-order chi connectivity index (χ0) is 19.4. The van der Waals surface area contributed by atoms with Crippen molar-refractivity contribution in [3.05, 3.63) is 29.8 Å². The molecule has 2 fully saturated rings. The summed E-state index contributed by atoms with van der Waals surface area (Å²) in [7, 11) is 0. The van der Waals surface area contributed by atoms with E-state index in [1.807, 2.05) is 4.90 Å². The average molecular weight is 380 g/mol. The predicted octanol–water partition coefficient (Wildman–Crippen LogP) is 2.96. The maximum absolute atomic E-state index is 13.4. The Morgan fingerprint density at radius 3 is 2.56 bits per heavy atom. The van der Waals surface area contributed by atoms with Crippen molar-refractivity contribution in [2.75, 3.05) is 37.6 Å². The van der Waals surface area contributed by atoms with Crippen molar-refractivity contribution in [3.63, 3.8) is 0 Å². The number of likely N-dealkylation sites (tertiary alicyclic amines) is 1. The SMILES string of the molecule is CC(C)N1CCC(NC(=O)NCC2CCN(c3ccc(F)c(F)c3)C2)CC1. The maximum atomic E-state index is 13.4. The number of hydrogen-bond acceptors (Lipinski definition) is 3. The minimum absolute atomic E-state index is 0.107. The molecule has 1 aromatic rings. The summed E-state index contributed by atoms with van der Waals surface area (Å²) in [5, 5.41) is 6.05. The smallest absolute Gasteiger partial charge is 0.315 e. The van der Waals surface area contributed by atoms with Crippen molar-refractivity contribution in [1.29, 1.82) is 0 Å². The molecule has 1 atom stereocenters. The molecule has 2 heterocycles. The van der Waals surface area contributed by atoms with E-state index in [4.69, 9.17) is 0 Å². The third-order valence-electron chi connectivity index (χ3n) is 5.70. The summed E-state index contributed by atoms with van der Waals surface area (Å²) in [6.45, 7) is 8.56. The average Bonchev–Trinajstić information content (AvgIpc) is 3.12. The summed E-state index contributed by atoms with van der Waals surface area (Å²) in [4.78, 5) is 16.6. The number of halogens is 2. The highest BCUT2D eigenvalue weighted by Gasteiger charge is 2.25. The van der Waals surface area contributed by atoms with Gasteiger partial charge in [0.05, 0.1) is 0 Å². The number of piperidine rings is 1. The second-order valence-electron chi connectivity index (χ2n) is 7.96. The molecule has 2 saturated heterocycles. The van der Waals surface area contributed by atoms with Gasteiger partial charge in [-0.25, -0.2) is 13.6 Å². The van der Waals surface area contributed by atoms with Gasteiger partial charge in [0.1, 0.15) is 0 Å². The molecular weight excluding hydrogens is 350 g/mol. The Morgan fingerprint density at radius 2 is 1.89 bits per heavy atom. The minimum atomic E-state index is -0.827. The van der Waals surface area contributed by atoms with Gasteiger partial charge in [0.25, 0.3) is 0 Å². The van der Waals surface area contributed by atoms with Gasteiger partial charge in [-0.15, -0.1) is 0 Å². The van der Waals surface area contributed by atoms with Crippen LogP contribution < -0.4 is 15.5 Å². The molecule has 0 radical (unpaired) electrons. The highest BCUT2D eigenvalue weighted by atomic mass is 19.2. The summed E-state index contributed by atoms with van der Waals surface area (Å²) >= 11 is 0. The molecule has 0 saturated carbocycles. The first-order valence-electron chi connectivity index (χ1n) is 9.91. The molecule has 2 aliphatic heterocycles. The van der Waals surface area contributed by atoms with Crippen molar-refractivity contribution in [2.24, 2.45) is 5.92 Å². The number of carbonyl (C=O) groups excluding carboxylic acids is 1. The van der Waals surface area contributed by atoms with E-state index in [0.29, 0.717) is 24.2 Å². The first-order valence-corrected chi connectivity index (χ1v) is 9.91. The van der Waals surface area contributed by atoms with Crippen LogP contribution in [0.5, 0.6) is 0 Å². The first kappa shape index (κ1) is 19.9. The summed E-state index contributed by atoms with van der Waals surface area (Å²) in [5.74, 6) is -1.34.